The molecule has 0 saturated carbocycles. The second-order valence-corrected chi connectivity index (χ2v) is 7.56. The second-order valence-electron chi connectivity index (χ2n) is 6.65. The first-order valence-electron chi connectivity index (χ1n) is 8.73. The summed E-state index contributed by atoms with van der Waals surface area (Å²) in [5.74, 6) is 0. The molecule has 0 aliphatic carbocycles. The summed E-state index contributed by atoms with van der Waals surface area (Å²) in [7, 11) is 0. The minimum atomic E-state index is 1.09. The van der Waals surface area contributed by atoms with E-state index < -0.39 is 0 Å². The van der Waals surface area contributed by atoms with Gasteiger partial charge in [0.2, 0.25) is 0 Å². The van der Waals surface area contributed by atoms with E-state index in [1.165, 1.54) is 33.6 Å². The average Bonchev–Trinajstić information content (AvgIpc) is 3.08. The molecule has 1 nitrogen and oxygen atoms in total. The third-order valence-corrected chi connectivity index (χ3v) is 5.19. The van der Waals surface area contributed by atoms with Crippen LogP contribution in [0.1, 0.15) is 11.1 Å². The molecule has 0 atom stereocenters. The van der Waals surface area contributed by atoms with Crippen LogP contribution in [-0.4, -0.2) is 4.57 Å². The van der Waals surface area contributed by atoms with Crippen LogP contribution in [0, 0.1) is 13.8 Å². The van der Waals surface area contributed by atoms with Gasteiger partial charge in [-0.05, 0) is 61.4 Å². The van der Waals surface area contributed by atoms with Gasteiger partial charge in [0.25, 0.3) is 0 Å². The Kier molecular flexibility index (Phi) is 4.52. The number of aromatic nitrogens is 1. The molecule has 0 amide bonds. The predicted molar refractivity (Wildman–Crippen MR) is 114 cm³/mol. The van der Waals surface area contributed by atoms with E-state index in [-0.39, 0.29) is 0 Å². The fourth-order valence-corrected chi connectivity index (χ4v) is 3.47. The maximum Gasteiger partial charge on any atom is 0.0535 e. The molecule has 2 heteroatoms. The summed E-state index contributed by atoms with van der Waals surface area (Å²) < 4.78 is 3.42. The smallest absolute Gasteiger partial charge is 0.0535 e. The van der Waals surface area contributed by atoms with Gasteiger partial charge in [-0.3, -0.25) is 0 Å². The van der Waals surface area contributed by atoms with Crippen molar-refractivity contribution in [3.05, 3.63) is 101 Å². The molecule has 0 fully saturated rings. The summed E-state index contributed by atoms with van der Waals surface area (Å²) in [6, 6.07) is 30.3. The molecule has 4 aromatic rings. The van der Waals surface area contributed by atoms with Gasteiger partial charge >= 0.3 is 0 Å². The zero-order valence-electron chi connectivity index (χ0n) is 14.9. The summed E-state index contributed by atoms with van der Waals surface area (Å²) >= 11 is 3.54. The molecular formula is C24H20BrN. The summed E-state index contributed by atoms with van der Waals surface area (Å²) in [5, 5.41) is 0. The van der Waals surface area contributed by atoms with Crippen molar-refractivity contribution in [3.8, 4) is 28.2 Å². The number of aryl methyl sites for hydroxylation is 2. The first-order valence-corrected chi connectivity index (χ1v) is 9.53. The van der Waals surface area contributed by atoms with Gasteiger partial charge in [0, 0.05) is 10.2 Å². The molecule has 1 heterocycles. The van der Waals surface area contributed by atoms with Crippen molar-refractivity contribution in [2.75, 3.05) is 0 Å². The van der Waals surface area contributed by atoms with Crippen molar-refractivity contribution < 1.29 is 0 Å². The first-order chi connectivity index (χ1) is 12.6. The Morgan fingerprint density at radius 2 is 0.962 bits per heavy atom. The molecule has 4 rings (SSSR count). The van der Waals surface area contributed by atoms with Crippen molar-refractivity contribution in [3.63, 3.8) is 0 Å². The molecule has 1 aromatic heterocycles. The number of nitrogens with zero attached hydrogens (tertiary/aromatic N) is 1. The van der Waals surface area contributed by atoms with Gasteiger partial charge in [0.15, 0.2) is 0 Å². The van der Waals surface area contributed by atoms with Gasteiger partial charge in [0.1, 0.15) is 0 Å². The maximum atomic E-state index is 3.54. The largest absolute Gasteiger partial charge is 0.309 e. The minimum Gasteiger partial charge on any atom is -0.309 e. The first kappa shape index (κ1) is 16.9. The molecule has 0 unspecified atom stereocenters. The molecule has 0 aliphatic rings. The van der Waals surface area contributed by atoms with Crippen LogP contribution in [-0.2, 0) is 0 Å². The highest BCUT2D eigenvalue weighted by Gasteiger charge is 2.13. The fourth-order valence-electron chi connectivity index (χ4n) is 3.20. The quantitative estimate of drug-likeness (QED) is 0.342. The van der Waals surface area contributed by atoms with E-state index >= 15 is 0 Å². The Bertz CT molecular complexity index is 960. The highest BCUT2D eigenvalue weighted by molar-refractivity contribution is 9.10. The summed E-state index contributed by atoms with van der Waals surface area (Å²) in [5.41, 5.74) is 8.53. The Balaban J connectivity index is 1.93. The van der Waals surface area contributed by atoms with Crippen LogP contribution in [0.5, 0.6) is 0 Å². The van der Waals surface area contributed by atoms with E-state index in [0.717, 1.165) is 10.2 Å². The van der Waals surface area contributed by atoms with E-state index in [1.807, 2.05) is 0 Å². The van der Waals surface area contributed by atoms with Crippen molar-refractivity contribution >= 4 is 15.9 Å². The van der Waals surface area contributed by atoms with E-state index in [9.17, 15) is 0 Å². The molecule has 26 heavy (non-hydrogen) atoms. The molecule has 0 spiro atoms. The van der Waals surface area contributed by atoms with Gasteiger partial charge in [-0.2, -0.15) is 0 Å². The van der Waals surface area contributed by atoms with E-state index in [4.69, 9.17) is 0 Å². The van der Waals surface area contributed by atoms with Crippen molar-refractivity contribution in [1.29, 1.82) is 0 Å². The van der Waals surface area contributed by atoms with E-state index in [1.54, 1.807) is 0 Å². The number of rotatable bonds is 3. The normalized spacial score (nSPS) is 10.9. The van der Waals surface area contributed by atoms with Gasteiger partial charge in [-0.1, -0.05) is 75.6 Å². The number of hydrogen-bond acceptors (Lipinski definition) is 0. The summed E-state index contributed by atoms with van der Waals surface area (Å²) in [6.45, 7) is 4.24. The molecule has 0 aliphatic heterocycles. The lowest BCUT2D eigenvalue weighted by molar-refractivity contribution is 1.09. The van der Waals surface area contributed by atoms with Crippen LogP contribution in [0.3, 0.4) is 0 Å². The van der Waals surface area contributed by atoms with Crippen molar-refractivity contribution in [2.24, 2.45) is 0 Å². The van der Waals surface area contributed by atoms with Crippen LogP contribution < -0.4 is 0 Å². The molecule has 0 bridgehead atoms. The monoisotopic (exact) mass is 401 g/mol. The lowest BCUT2D eigenvalue weighted by Gasteiger charge is -2.15. The Hall–Kier alpha value is -2.58. The zero-order chi connectivity index (χ0) is 18.1. The van der Waals surface area contributed by atoms with Gasteiger partial charge in [-0.15, -0.1) is 0 Å². The molecular weight excluding hydrogens is 382 g/mol. The highest BCUT2D eigenvalue weighted by Crippen LogP contribution is 2.33. The molecule has 0 N–H and O–H groups in total. The molecule has 3 aromatic carbocycles. The van der Waals surface area contributed by atoms with Crippen molar-refractivity contribution in [1.82, 2.24) is 4.57 Å². The number of benzene rings is 3. The predicted octanol–water partition coefficient (Wildman–Crippen LogP) is 7.19. The van der Waals surface area contributed by atoms with Gasteiger partial charge < -0.3 is 4.57 Å². The van der Waals surface area contributed by atoms with Crippen LogP contribution in [0.25, 0.3) is 28.2 Å². The third-order valence-electron chi connectivity index (χ3n) is 4.66. The topological polar surface area (TPSA) is 4.93 Å². The zero-order valence-corrected chi connectivity index (χ0v) is 16.5. The lowest BCUT2D eigenvalue weighted by Crippen LogP contribution is -1.99. The highest BCUT2D eigenvalue weighted by atomic mass is 79.9. The average molecular weight is 402 g/mol. The van der Waals surface area contributed by atoms with Crippen LogP contribution in [0.4, 0.5) is 0 Å². The van der Waals surface area contributed by atoms with E-state index in [2.05, 4.69) is 119 Å². The molecule has 0 saturated heterocycles. The SMILES string of the molecule is Cc1ccc(-c2ccc(-c3ccc(C)cc3)n2-c2ccc(Br)cc2)cc1. The minimum absolute atomic E-state index is 1.09. The number of hydrogen-bond donors (Lipinski definition) is 0. The molecule has 128 valence electrons. The molecule has 0 radical (unpaired) electrons. The van der Waals surface area contributed by atoms with Crippen molar-refractivity contribution in [2.45, 2.75) is 13.8 Å². The Labute approximate surface area is 163 Å². The Morgan fingerprint density at radius 3 is 1.38 bits per heavy atom. The summed E-state index contributed by atoms with van der Waals surface area (Å²) in [4.78, 5) is 0. The van der Waals surface area contributed by atoms with Crippen LogP contribution >= 0.6 is 15.9 Å². The standard InChI is InChI=1S/C24H20BrN/c1-17-3-7-19(8-4-17)23-15-16-24(20-9-5-18(2)6-10-20)26(23)22-13-11-21(25)12-14-22/h3-16H,1-2H3. The van der Waals surface area contributed by atoms with Gasteiger partial charge in [-0.25, -0.2) is 0 Å². The van der Waals surface area contributed by atoms with Crippen LogP contribution in [0.15, 0.2) is 89.4 Å². The Morgan fingerprint density at radius 1 is 0.538 bits per heavy atom. The maximum absolute atomic E-state index is 3.54. The van der Waals surface area contributed by atoms with E-state index in [0.29, 0.717) is 0 Å². The lowest BCUT2D eigenvalue weighted by atomic mass is 10.1. The third kappa shape index (κ3) is 3.25. The van der Waals surface area contributed by atoms with Crippen LogP contribution in [0.2, 0.25) is 0 Å². The second kappa shape index (κ2) is 6.97. The van der Waals surface area contributed by atoms with Gasteiger partial charge in [0.05, 0.1) is 11.4 Å². The summed E-state index contributed by atoms with van der Waals surface area (Å²) in [6.07, 6.45) is 0. The number of halogens is 1. The fraction of sp³-hybridized carbons (Fsp3) is 0.0833.